The zero-order valence-electron chi connectivity index (χ0n) is 14.4. The minimum Gasteiger partial charge on any atom is -0.473 e. The molecule has 0 spiro atoms. The fourth-order valence-corrected chi connectivity index (χ4v) is 2.49. The van der Waals surface area contributed by atoms with Crippen molar-refractivity contribution in [1.82, 2.24) is 5.32 Å². The molecule has 122 valence electrons. The number of nitrogens with one attached hydrogen (secondary N) is 2. The first-order chi connectivity index (χ1) is 10.9. The van der Waals surface area contributed by atoms with Gasteiger partial charge in [-0.1, -0.05) is 30.3 Å². The van der Waals surface area contributed by atoms with Crippen LogP contribution in [0.4, 0.5) is 10.5 Å². The van der Waals surface area contributed by atoms with Crippen LogP contribution in [0.1, 0.15) is 27.8 Å². The van der Waals surface area contributed by atoms with Crippen molar-refractivity contribution in [3.63, 3.8) is 0 Å². The Labute approximate surface area is 137 Å². The molecule has 0 aliphatic carbocycles. The smallest absolute Gasteiger partial charge is 0.321 e. The van der Waals surface area contributed by atoms with Crippen molar-refractivity contribution < 1.29 is 9.53 Å². The number of benzene rings is 2. The molecule has 4 nitrogen and oxygen atoms in total. The van der Waals surface area contributed by atoms with Gasteiger partial charge in [-0.25, -0.2) is 4.79 Å². The van der Waals surface area contributed by atoms with Gasteiger partial charge in [-0.15, -0.1) is 0 Å². The molecule has 0 radical (unpaired) electrons. The molecule has 2 N–H and O–H groups in total. The highest BCUT2D eigenvalue weighted by atomic mass is 16.5. The van der Waals surface area contributed by atoms with Crippen molar-refractivity contribution in [1.29, 1.82) is 0 Å². The second-order valence-corrected chi connectivity index (χ2v) is 5.84. The summed E-state index contributed by atoms with van der Waals surface area (Å²) < 4.78 is 5.75. The molecule has 0 saturated heterocycles. The molecule has 0 aliphatic rings. The van der Waals surface area contributed by atoms with Gasteiger partial charge in [-0.2, -0.15) is 0 Å². The molecule has 2 aromatic rings. The highest BCUT2D eigenvalue weighted by Crippen LogP contribution is 2.25. The summed E-state index contributed by atoms with van der Waals surface area (Å²) in [6.07, 6.45) is 0. The van der Waals surface area contributed by atoms with Crippen LogP contribution in [0.2, 0.25) is 0 Å². The minimum absolute atomic E-state index is 0.127. The predicted octanol–water partition coefficient (Wildman–Crippen LogP) is 4.39. The Balaban J connectivity index is 1.95. The molecule has 0 fully saturated rings. The van der Waals surface area contributed by atoms with Crippen molar-refractivity contribution in [3.05, 3.63) is 58.1 Å². The summed E-state index contributed by atoms with van der Waals surface area (Å²) in [7, 11) is 0. The lowest BCUT2D eigenvalue weighted by Crippen LogP contribution is -2.32. The van der Waals surface area contributed by atoms with Gasteiger partial charge >= 0.3 is 6.03 Å². The van der Waals surface area contributed by atoms with E-state index in [1.54, 1.807) is 0 Å². The van der Waals surface area contributed by atoms with Gasteiger partial charge in [-0.05, 0) is 62.4 Å². The van der Waals surface area contributed by atoms with Crippen molar-refractivity contribution >= 4 is 11.7 Å². The Morgan fingerprint density at radius 2 is 1.52 bits per heavy atom. The number of urea groups is 1. The van der Waals surface area contributed by atoms with E-state index in [2.05, 4.69) is 16.7 Å². The zero-order chi connectivity index (χ0) is 17.0. The second kappa shape index (κ2) is 7.18. The molecule has 0 aromatic heterocycles. The van der Waals surface area contributed by atoms with E-state index in [9.17, 15) is 4.79 Å². The molecule has 0 saturated carbocycles. The molecule has 0 bridgehead atoms. The number of carbonyl (C=O) groups excluding carboxylic acids is 1. The topological polar surface area (TPSA) is 50.4 Å². The third-order valence-electron chi connectivity index (χ3n) is 4.04. The number of hydrogen-bond donors (Lipinski definition) is 2. The summed E-state index contributed by atoms with van der Waals surface area (Å²) in [6.45, 7) is 10.1. The molecule has 0 atom stereocenters. The van der Waals surface area contributed by atoms with Crippen LogP contribution in [-0.4, -0.2) is 12.8 Å². The molecule has 4 heteroatoms. The van der Waals surface area contributed by atoms with E-state index >= 15 is 0 Å². The van der Waals surface area contributed by atoms with E-state index in [0.29, 0.717) is 0 Å². The normalized spacial score (nSPS) is 10.3. The Bertz CT molecular complexity index is 703. The summed E-state index contributed by atoms with van der Waals surface area (Å²) >= 11 is 0. The maximum absolute atomic E-state index is 12.0. The number of amides is 2. The van der Waals surface area contributed by atoms with Crippen molar-refractivity contribution in [3.8, 4) is 5.75 Å². The molecule has 2 rings (SSSR count). The maximum Gasteiger partial charge on any atom is 0.321 e. The standard InChI is InChI=1S/C19H24N2O2/c1-12-9-10-15(4)18(16(12)5)23-11-20-19(22)21-17-13(2)7-6-8-14(17)3/h6-10H,11H2,1-5H3,(H2,20,21,22). The first kappa shape index (κ1) is 16.9. The lowest BCUT2D eigenvalue weighted by atomic mass is 10.1. The van der Waals surface area contributed by atoms with Crippen LogP contribution in [0.5, 0.6) is 5.75 Å². The quantitative estimate of drug-likeness (QED) is 0.823. The summed E-state index contributed by atoms with van der Waals surface area (Å²) in [6, 6.07) is 9.73. The number of ether oxygens (including phenoxy) is 1. The van der Waals surface area contributed by atoms with Crippen LogP contribution in [0.15, 0.2) is 30.3 Å². The van der Waals surface area contributed by atoms with Crippen molar-refractivity contribution in [2.45, 2.75) is 34.6 Å². The molecular formula is C19H24N2O2. The molecule has 0 aliphatic heterocycles. The Morgan fingerprint density at radius 3 is 2.17 bits per heavy atom. The fourth-order valence-electron chi connectivity index (χ4n) is 2.49. The summed E-state index contributed by atoms with van der Waals surface area (Å²) in [4.78, 5) is 12.0. The number of para-hydroxylation sites is 1. The number of aryl methyl sites for hydroxylation is 4. The number of rotatable bonds is 4. The maximum atomic E-state index is 12.0. The molecule has 0 heterocycles. The molecule has 0 unspecified atom stereocenters. The van der Waals surface area contributed by atoms with E-state index in [-0.39, 0.29) is 12.8 Å². The van der Waals surface area contributed by atoms with Gasteiger partial charge in [-0.3, -0.25) is 0 Å². The van der Waals surface area contributed by atoms with Gasteiger partial charge < -0.3 is 15.4 Å². The third-order valence-corrected chi connectivity index (χ3v) is 4.04. The minimum atomic E-state index is -0.273. The zero-order valence-corrected chi connectivity index (χ0v) is 14.4. The van der Waals surface area contributed by atoms with E-state index in [4.69, 9.17) is 4.74 Å². The summed E-state index contributed by atoms with van der Waals surface area (Å²) in [5, 5.41) is 5.61. The Kier molecular flexibility index (Phi) is 5.27. The van der Waals surface area contributed by atoms with Crippen LogP contribution in [0, 0.1) is 34.6 Å². The monoisotopic (exact) mass is 312 g/mol. The van der Waals surface area contributed by atoms with Gasteiger partial charge in [0, 0.05) is 5.69 Å². The third kappa shape index (κ3) is 4.03. The number of carbonyl (C=O) groups is 1. The molecule has 2 amide bonds. The summed E-state index contributed by atoms with van der Waals surface area (Å²) in [5.41, 5.74) is 6.24. The SMILES string of the molecule is Cc1ccc(C)c(OCNC(=O)Nc2c(C)cccc2C)c1C. The predicted molar refractivity (Wildman–Crippen MR) is 94.2 cm³/mol. The van der Waals surface area contributed by atoms with Crippen LogP contribution < -0.4 is 15.4 Å². The Morgan fingerprint density at radius 1 is 0.913 bits per heavy atom. The molecular weight excluding hydrogens is 288 g/mol. The highest BCUT2D eigenvalue weighted by Gasteiger charge is 2.09. The molecule has 23 heavy (non-hydrogen) atoms. The van der Waals surface area contributed by atoms with Gasteiger partial charge in [0.15, 0.2) is 6.73 Å². The summed E-state index contributed by atoms with van der Waals surface area (Å²) in [5.74, 6) is 0.831. The first-order valence-electron chi connectivity index (χ1n) is 7.71. The van der Waals surface area contributed by atoms with Gasteiger partial charge in [0.25, 0.3) is 0 Å². The Hall–Kier alpha value is -2.49. The van der Waals surface area contributed by atoms with E-state index in [0.717, 1.165) is 33.7 Å². The van der Waals surface area contributed by atoms with Gasteiger partial charge in [0.1, 0.15) is 5.75 Å². The average Bonchev–Trinajstić information content (AvgIpc) is 2.50. The molecule has 2 aromatic carbocycles. The second-order valence-electron chi connectivity index (χ2n) is 5.84. The lowest BCUT2D eigenvalue weighted by molar-refractivity contribution is 0.234. The van der Waals surface area contributed by atoms with Crippen molar-refractivity contribution in [2.24, 2.45) is 0 Å². The van der Waals surface area contributed by atoms with E-state index in [1.165, 1.54) is 5.56 Å². The largest absolute Gasteiger partial charge is 0.473 e. The average molecular weight is 312 g/mol. The van der Waals surface area contributed by atoms with Gasteiger partial charge in [0.2, 0.25) is 0 Å². The van der Waals surface area contributed by atoms with Crippen LogP contribution >= 0.6 is 0 Å². The van der Waals surface area contributed by atoms with Crippen LogP contribution in [0.3, 0.4) is 0 Å². The first-order valence-corrected chi connectivity index (χ1v) is 7.71. The van der Waals surface area contributed by atoms with Gasteiger partial charge in [0.05, 0.1) is 0 Å². The van der Waals surface area contributed by atoms with E-state index in [1.807, 2.05) is 58.9 Å². The van der Waals surface area contributed by atoms with Crippen LogP contribution in [0.25, 0.3) is 0 Å². The lowest BCUT2D eigenvalue weighted by Gasteiger charge is -2.16. The fraction of sp³-hybridized carbons (Fsp3) is 0.316. The number of anilines is 1. The highest BCUT2D eigenvalue weighted by molar-refractivity contribution is 5.90. The number of hydrogen-bond acceptors (Lipinski definition) is 2. The van der Waals surface area contributed by atoms with E-state index < -0.39 is 0 Å². The van der Waals surface area contributed by atoms with Crippen LogP contribution in [-0.2, 0) is 0 Å². The van der Waals surface area contributed by atoms with Crippen molar-refractivity contribution in [2.75, 3.05) is 12.0 Å².